The highest BCUT2D eigenvalue weighted by atomic mass is 16.1. The first-order valence-electron chi connectivity index (χ1n) is 6.16. The van der Waals surface area contributed by atoms with Gasteiger partial charge in [-0.05, 0) is 25.5 Å². The second-order valence-corrected chi connectivity index (χ2v) is 4.15. The Bertz CT molecular complexity index is 635. The Hall–Kier alpha value is -2.21. The predicted octanol–water partition coefficient (Wildman–Crippen LogP) is 1.18. The van der Waals surface area contributed by atoms with E-state index in [1.54, 1.807) is 6.92 Å². The fraction of sp³-hybridized carbons (Fsp3) is 0.308. The molecule has 2 rings (SSSR count). The molecule has 0 saturated carbocycles. The highest BCUT2D eigenvalue weighted by Gasteiger charge is 2.09. The Kier molecular flexibility index (Phi) is 3.91. The standard InChI is InChI=1S/C13H17N5O/c1-4-14-17-12-15-10(3)18(13(19)16-12)11-8-6-5-7-9(11)2/h5-8,14H,4H2,1-3H3,(H,16,17,19). The maximum atomic E-state index is 12.1. The van der Waals surface area contributed by atoms with Crippen molar-refractivity contribution in [2.24, 2.45) is 0 Å². The maximum Gasteiger partial charge on any atom is 0.356 e. The molecule has 100 valence electrons. The molecule has 6 heteroatoms. The van der Waals surface area contributed by atoms with Crippen LogP contribution in [0.5, 0.6) is 0 Å². The van der Waals surface area contributed by atoms with Crippen molar-refractivity contribution in [1.82, 2.24) is 20.0 Å². The van der Waals surface area contributed by atoms with Crippen molar-refractivity contribution in [2.75, 3.05) is 12.0 Å². The molecule has 0 bridgehead atoms. The monoisotopic (exact) mass is 259 g/mol. The Morgan fingerprint density at radius 2 is 1.95 bits per heavy atom. The molecular formula is C13H17N5O. The molecule has 2 aromatic rings. The normalized spacial score (nSPS) is 10.5. The number of aromatic nitrogens is 3. The highest BCUT2D eigenvalue weighted by Crippen LogP contribution is 2.12. The van der Waals surface area contributed by atoms with Gasteiger partial charge in [0.2, 0.25) is 5.95 Å². The molecule has 0 atom stereocenters. The SMILES string of the molecule is CCNNc1nc(C)n(-c2ccccc2C)c(=O)n1. The molecule has 19 heavy (non-hydrogen) atoms. The van der Waals surface area contributed by atoms with Gasteiger partial charge >= 0.3 is 5.69 Å². The zero-order valence-corrected chi connectivity index (χ0v) is 11.3. The third kappa shape index (κ3) is 2.79. The van der Waals surface area contributed by atoms with Gasteiger partial charge in [0.05, 0.1) is 5.69 Å². The molecule has 0 aliphatic heterocycles. The Labute approximate surface area is 111 Å². The molecule has 0 fully saturated rings. The lowest BCUT2D eigenvalue weighted by atomic mass is 10.2. The maximum absolute atomic E-state index is 12.1. The van der Waals surface area contributed by atoms with E-state index in [0.29, 0.717) is 12.4 Å². The van der Waals surface area contributed by atoms with E-state index in [2.05, 4.69) is 20.8 Å². The molecule has 0 aliphatic rings. The van der Waals surface area contributed by atoms with E-state index in [9.17, 15) is 4.79 Å². The van der Waals surface area contributed by atoms with Gasteiger partial charge in [0.15, 0.2) is 0 Å². The zero-order valence-electron chi connectivity index (χ0n) is 11.3. The molecule has 1 aromatic heterocycles. The van der Waals surface area contributed by atoms with Crippen molar-refractivity contribution in [2.45, 2.75) is 20.8 Å². The molecule has 2 N–H and O–H groups in total. The van der Waals surface area contributed by atoms with E-state index >= 15 is 0 Å². The summed E-state index contributed by atoms with van der Waals surface area (Å²) < 4.78 is 1.51. The van der Waals surface area contributed by atoms with Crippen molar-refractivity contribution in [3.8, 4) is 5.69 Å². The van der Waals surface area contributed by atoms with Crippen LogP contribution >= 0.6 is 0 Å². The minimum atomic E-state index is -0.345. The van der Waals surface area contributed by atoms with Crippen LogP contribution in [0.1, 0.15) is 18.3 Å². The summed E-state index contributed by atoms with van der Waals surface area (Å²) in [6.07, 6.45) is 0. The molecule has 0 saturated heterocycles. The number of hydrogen-bond acceptors (Lipinski definition) is 5. The summed E-state index contributed by atoms with van der Waals surface area (Å²) in [5.74, 6) is 0.879. The molecule has 0 radical (unpaired) electrons. The van der Waals surface area contributed by atoms with E-state index in [4.69, 9.17) is 0 Å². The second-order valence-electron chi connectivity index (χ2n) is 4.15. The highest BCUT2D eigenvalue weighted by molar-refractivity contribution is 5.41. The largest absolute Gasteiger partial charge is 0.356 e. The number of hydrogen-bond donors (Lipinski definition) is 2. The van der Waals surface area contributed by atoms with Gasteiger partial charge in [0, 0.05) is 6.54 Å². The summed E-state index contributed by atoms with van der Waals surface area (Å²) in [4.78, 5) is 20.3. The second kappa shape index (κ2) is 5.62. The van der Waals surface area contributed by atoms with Crippen LogP contribution in [0.4, 0.5) is 5.95 Å². The molecule has 1 heterocycles. The molecule has 6 nitrogen and oxygen atoms in total. The first-order chi connectivity index (χ1) is 9.13. The molecule has 1 aromatic carbocycles. The average Bonchev–Trinajstić information content (AvgIpc) is 2.38. The number of anilines is 1. The van der Waals surface area contributed by atoms with Gasteiger partial charge in [0.1, 0.15) is 5.82 Å². The summed E-state index contributed by atoms with van der Waals surface area (Å²) >= 11 is 0. The van der Waals surface area contributed by atoms with Crippen LogP contribution < -0.4 is 16.5 Å². The number of hydrazine groups is 1. The topological polar surface area (TPSA) is 71.8 Å². The van der Waals surface area contributed by atoms with Crippen LogP contribution in [0.3, 0.4) is 0 Å². The number of nitrogens with zero attached hydrogens (tertiary/aromatic N) is 3. The number of rotatable bonds is 4. The molecular weight excluding hydrogens is 242 g/mol. The zero-order chi connectivity index (χ0) is 13.8. The minimum Gasteiger partial charge on any atom is -0.289 e. The van der Waals surface area contributed by atoms with E-state index in [1.807, 2.05) is 38.1 Å². The van der Waals surface area contributed by atoms with Crippen LogP contribution in [-0.4, -0.2) is 21.1 Å². The molecule has 0 spiro atoms. The summed E-state index contributed by atoms with van der Waals surface area (Å²) in [6.45, 7) is 6.39. The molecule has 0 unspecified atom stereocenters. The smallest absolute Gasteiger partial charge is 0.289 e. The van der Waals surface area contributed by atoms with Crippen molar-refractivity contribution in [3.63, 3.8) is 0 Å². The Morgan fingerprint density at radius 3 is 2.58 bits per heavy atom. The van der Waals surface area contributed by atoms with Crippen molar-refractivity contribution in [3.05, 3.63) is 46.1 Å². The first-order valence-corrected chi connectivity index (χ1v) is 6.16. The molecule has 0 aliphatic carbocycles. The minimum absolute atomic E-state index is 0.286. The van der Waals surface area contributed by atoms with Gasteiger partial charge in [-0.25, -0.2) is 14.8 Å². The fourth-order valence-corrected chi connectivity index (χ4v) is 1.82. The number of para-hydroxylation sites is 1. The summed E-state index contributed by atoms with van der Waals surface area (Å²) in [5.41, 5.74) is 7.11. The lowest BCUT2D eigenvalue weighted by Gasteiger charge is -2.12. The van der Waals surface area contributed by atoms with Crippen LogP contribution in [-0.2, 0) is 0 Å². The third-order valence-electron chi connectivity index (χ3n) is 2.72. The Morgan fingerprint density at radius 1 is 1.21 bits per heavy atom. The number of aryl methyl sites for hydroxylation is 2. The summed E-state index contributed by atoms with van der Waals surface area (Å²) in [5, 5.41) is 0. The Balaban J connectivity index is 2.49. The van der Waals surface area contributed by atoms with Gasteiger partial charge in [-0.1, -0.05) is 25.1 Å². The van der Waals surface area contributed by atoms with Crippen LogP contribution in [0.2, 0.25) is 0 Å². The van der Waals surface area contributed by atoms with Crippen LogP contribution in [0, 0.1) is 13.8 Å². The number of benzene rings is 1. The van der Waals surface area contributed by atoms with E-state index in [-0.39, 0.29) is 11.6 Å². The van der Waals surface area contributed by atoms with Gasteiger partial charge in [-0.3, -0.25) is 5.43 Å². The number of nitrogens with one attached hydrogen (secondary N) is 2. The van der Waals surface area contributed by atoms with Gasteiger partial charge < -0.3 is 0 Å². The van der Waals surface area contributed by atoms with Crippen LogP contribution in [0.15, 0.2) is 29.1 Å². The van der Waals surface area contributed by atoms with E-state index in [0.717, 1.165) is 11.3 Å². The third-order valence-corrected chi connectivity index (χ3v) is 2.72. The molecule has 0 amide bonds. The lowest BCUT2D eigenvalue weighted by molar-refractivity contribution is 0.770. The summed E-state index contributed by atoms with van der Waals surface area (Å²) in [7, 11) is 0. The van der Waals surface area contributed by atoms with Crippen molar-refractivity contribution >= 4 is 5.95 Å². The average molecular weight is 259 g/mol. The first kappa shape index (κ1) is 13.2. The van der Waals surface area contributed by atoms with Gasteiger partial charge in [0.25, 0.3) is 0 Å². The lowest BCUT2D eigenvalue weighted by Crippen LogP contribution is -2.30. The quantitative estimate of drug-likeness (QED) is 0.807. The predicted molar refractivity (Wildman–Crippen MR) is 74.4 cm³/mol. The van der Waals surface area contributed by atoms with Crippen molar-refractivity contribution in [1.29, 1.82) is 0 Å². The summed E-state index contributed by atoms with van der Waals surface area (Å²) in [6, 6.07) is 7.65. The fourth-order valence-electron chi connectivity index (χ4n) is 1.82. The van der Waals surface area contributed by atoms with Crippen LogP contribution in [0.25, 0.3) is 5.69 Å². The van der Waals surface area contributed by atoms with Crippen molar-refractivity contribution < 1.29 is 0 Å². The van der Waals surface area contributed by atoms with E-state index < -0.39 is 0 Å². The van der Waals surface area contributed by atoms with Gasteiger partial charge in [-0.2, -0.15) is 9.97 Å². The van der Waals surface area contributed by atoms with Gasteiger partial charge in [-0.15, -0.1) is 0 Å². The van der Waals surface area contributed by atoms with E-state index in [1.165, 1.54) is 4.57 Å².